The van der Waals surface area contributed by atoms with Crippen molar-refractivity contribution >= 4 is 17.1 Å². The molecule has 1 N–H and O–H groups in total. The molecule has 202 valence electrons. The van der Waals surface area contributed by atoms with E-state index in [0.717, 1.165) is 29.0 Å². The second-order valence-corrected chi connectivity index (χ2v) is 11.1. The van der Waals surface area contributed by atoms with Gasteiger partial charge in [0, 0.05) is 18.5 Å². The first-order valence-corrected chi connectivity index (χ1v) is 13.2. The Labute approximate surface area is 223 Å². The van der Waals surface area contributed by atoms with Gasteiger partial charge in [0.15, 0.2) is 6.39 Å². The van der Waals surface area contributed by atoms with Crippen LogP contribution in [0.5, 0.6) is 0 Å². The number of fused-ring (bicyclic) bond motifs is 2. The molecule has 1 fully saturated rings. The first-order chi connectivity index (χ1) is 18.7. The van der Waals surface area contributed by atoms with Crippen molar-refractivity contribution in [2.45, 2.75) is 30.0 Å². The van der Waals surface area contributed by atoms with Gasteiger partial charge in [-0.15, -0.1) is 0 Å². The minimum Gasteiger partial charge on any atom is -0.451 e. The molecule has 1 aliphatic heterocycles. The van der Waals surface area contributed by atoms with E-state index in [9.17, 15) is 26.9 Å². The lowest BCUT2D eigenvalue weighted by Crippen LogP contribution is -2.50. The molecule has 12 heteroatoms. The molecular formula is C27H22F4N4O3S. The zero-order valence-electron chi connectivity index (χ0n) is 20.3. The van der Waals surface area contributed by atoms with Crippen LogP contribution in [0.4, 0.5) is 17.6 Å². The highest BCUT2D eigenvalue weighted by atomic mass is 32.2. The van der Waals surface area contributed by atoms with Gasteiger partial charge in [0.2, 0.25) is 0 Å². The lowest BCUT2D eigenvalue weighted by atomic mass is 9.65. The largest absolute Gasteiger partial charge is 0.451 e. The van der Waals surface area contributed by atoms with Crippen molar-refractivity contribution in [1.29, 1.82) is 0 Å². The number of aromatic nitrogens is 3. The average molecular weight is 559 g/mol. The summed E-state index contributed by atoms with van der Waals surface area (Å²) < 4.78 is 74.6. The van der Waals surface area contributed by atoms with Gasteiger partial charge >= 0.3 is 6.18 Å². The number of benzene rings is 2. The number of alkyl halides is 3. The molecule has 0 spiro atoms. The Morgan fingerprint density at radius 1 is 1.10 bits per heavy atom. The fourth-order valence-electron chi connectivity index (χ4n) is 5.40. The van der Waals surface area contributed by atoms with Gasteiger partial charge in [0.25, 0.3) is 0 Å². The second-order valence-electron chi connectivity index (χ2n) is 9.65. The van der Waals surface area contributed by atoms with E-state index in [0.29, 0.717) is 30.8 Å². The van der Waals surface area contributed by atoms with Gasteiger partial charge < -0.3 is 9.52 Å². The van der Waals surface area contributed by atoms with Crippen LogP contribution < -0.4 is 0 Å². The smallest absolute Gasteiger partial charge is 0.416 e. The van der Waals surface area contributed by atoms with Gasteiger partial charge in [-0.1, -0.05) is 5.57 Å². The van der Waals surface area contributed by atoms with Gasteiger partial charge in [-0.3, -0.25) is 0 Å². The van der Waals surface area contributed by atoms with Crippen LogP contribution in [0, 0.1) is 11.2 Å². The molecule has 0 saturated carbocycles. The van der Waals surface area contributed by atoms with Gasteiger partial charge in [-0.2, -0.15) is 18.3 Å². The molecule has 39 heavy (non-hydrogen) atoms. The second kappa shape index (κ2) is 9.54. The number of nitrogens with zero attached hydrogens (tertiary/aromatic N) is 4. The van der Waals surface area contributed by atoms with E-state index in [1.807, 2.05) is 6.08 Å². The number of piperidine rings is 1. The van der Waals surface area contributed by atoms with Crippen LogP contribution in [-0.2, 0) is 23.6 Å². The maximum Gasteiger partial charge on any atom is 0.416 e. The molecule has 6 rings (SSSR count). The van der Waals surface area contributed by atoms with Crippen molar-refractivity contribution in [3.8, 4) is 5.69 Å². The lowest BCUT2D eigenvalue weighted by molar-refractivity contribution is -0.137. The molecule has 1 aliphatic carbocycles. The SMILES string of the molecule is O=S(c1ccc(C(F)(F)F)cc1)N1CCC2=Cc3c(cnn3-c3ccc(F)cc3)CC2(C(O)c2cocn2)C1. The summed E-state index contributed by atoms with van der Waals surface area (Å²) in [4.78, 5) is 4.39. The van der Waals surface area contributed by atoms with Crippen LogP contribution in [0.25, 0.3) is 11.8 Å². The molecule has 4 aromatic rings. The maximum absolute atomic E-state index is 13.5. The first-order valence-electron chi connectivity index (χ1n) is 12.1. The average Bonchev–Trinajstić information content (AvgIpc) is 3.61. The Hall–Kier alpha value is -3.61. The zero-order chi connectivity index (χ0) is 27.4. The van der Waals surface area contributed by atoms with Crippen LogP contribution in [0.1, 0.15) is 35.0 Å². The van der Waals surface area contributed by atoms with Crippen LogP contribution in [0.3, 0.4) is 0 Å². The molecular weight excluding hydrogens is 536 g/mol. The van der Waals surface area contributed by atoms with E-state index in [1.165, 1.54) is 36.9 Å². The fourth-order valence-corrected chi connectivity index (χ4v) is 6.67. The molecule has 3 heterocycles. The van der Waals surface area contributed by atoms with Gasteiger partial charge in [-0.05, 0) is 73.0 Å². The van der Waals surface area contributed by atoms with E-state index in [4.69, 9.17) is 4.42 Å². The van der Waals surface area contributed by atoms with Crippen molar-refractivity contribution in [3.63, 3.8) is 0 Å². The quantitative estimate of drug-likeness (QED) is 0.345. The van der Waals surface area contributed by atoms with Gasteiger partial charge in [-0.25, -0.2) is 22.6 Å². The first kappa shape index (κ1) is 25.7. The number of halogens is 4. The Bertz CT molecular complexity index is 1550. The number of oxazole rings is 1. The number of aliphatic hydroxyl groups is 1. The molecule has 2 aliphatic rings. The Morgan fingerprint density at radius 2 is 1.85 bits per heavy atom. The monoisotopic (exact) mass is 558 g/mol. The summed E-state index contributed by atoms with van der Waals surface area (Å²) in [6, 6.07) is 10.2. The minimum atomic E-state index is -4.49. The summed E-state index contributed by atoms with van der Waals surface area (Å²) in [5.41, 5.74) is 1.76. The van der Waals surface area contributed by atoms with E-state index < -0.39 is 34.2 Å². The number of hydrogen-bond acceptors (Lipinski definition) is 5. The van der Waals surface area contributed by atoms with E-state index >= 15 is 0 Å². The van der Waals surface area contributed by atoms with Crippen molar-refractivity contribution in [2.75, 3.05) is 13.1 Å². The standard InChI is InChI=1S/C27H22F4N4O3S/c28-20-3-5-21(6-4-20)35-24-11-19-9-10-34(39(37)22-7-1-18(2-8-22)27(29,30)31)15-26(19,12-17(24)13-33-35)25(36)23-14-38-16-32-23/h1-8,11,13-14,16,25,36H,9-10,12,15H2. The Balaban J connectivity index is 1.36. The lowest BCUT2D eigenvalue weighted by Gasteiger charge is -2.48. The summed E-state index contributed by atoms with van der Waals surface area (Å²) in [5, 5.41) is 16.1. The topological polar surface area (TPSA) is 84.4 Å². The van der Waals surface area contributed by atoms with Gasteiger partial charge in [0.05, 0.1) is 28.0 Å². The van der Waals surface area contributed by atoms with Crippen molar-refractivity contribution < 1.29 is 31.3 Å². The van der Waals surface area contributed by atoms with Gasteiger partial charge in [0.1, 0.15) is 34.9 Å². The molecule has 1 saturated heterocycles. The third-order valence-electron chi connectivity index (χ3n) is 7.38. The molecule has 0 bridgehead atoms. The van der Waals surface area contributed by atoms with Crippen molar-refractivity contribution in [1.82, 2.24) is 19.1 Å². The highest BCUT2D eigenvalue weighted by molar-refractivity contribution is 7.82. The van der Waals surface area contributed by atoms with E-state index in [-0.39, 0.29) is 17.3 Å². The van der Waals surface area contributed by atoms with Crippen molar-refractivity contribution in [2.24, 2.45) is 5.41 Å². The molecule has 2 aromatic heterocycles. The highest BCUT2D eigenvalue weighted by Gasteiger charge is 2.50. The number of aliphatic hydroxyl groups excluding tert-OH is 1. The molecule has 3 unspecified atom stereocenters. The molecule has 0 radical (unpaired) electrons. The van der Waals surface area contributed by atoms with Crippen LogP contribution >= 0.6 is 0 Å². The van der Waals surface area contributed by atoms with E-state index in [1.54, 1.807) is 27.3 Å². The zero-order valence-corrected chi connectivity index (χ0v) is 21.1. The summed E-state index contributed by atoms with van der Waals surface area (Å²) in [6.07, 6.45) is 1.40. The van der Waals surface area contributed by atoms with Crippen LogP contribution in [0.15, 0.2) is 82.3 Å². The summed E-state index contributed by atoms with van der Waals surface area (Å²) in [7, 11) is -1.77. The van der Waals surface area contributed by atoms with Crippen LogP contribution in [-0.4, -0.2) is 41.5 Å². The molecule has 0 amide bonds. The van der Waals surface area contributed by atoms with E-state index in [2.05, 4.69) is 10.1 Å². The number of rotatable bonds is 5. The highest BCUT2D eigenvalue weighted by Crippen LogP contribution is 2.51. The number of hydrogen-bond donors (Lipinski definition) is 1. The maximum atomic E-state index is 13.5. The normalized spacial score (nSPS) is 21.1. The van der Waals surface area contributed by atoms with Crippen molar-refractivity contribution in [3.05, 3.63) is 101 Å². The Morgan fingerprint density at radius 3 is 2.51 bits per heavy atom. The predicted molar refractivity (Wildman–Crippen MR) is 133 cm³/mol. The summed E-state index contributed by atoms with van der Waals surface area (Å²) >= 11 is 0. The van der Waals surface area contributed by atoms with Crippen LogP contribution in [0.2, 0.25) is 0 Å². The third-order valence-corrected chi connectivity index (χ3v) is 8.83. The molecule has 7 nitrogen and oxygen atoms in total. The molecule has 3 atom stereocenters. The predicted octanol–water partition coefficient (Wildman–Crippen LogP) is 5.11. The summed E-state index contributed by atoms with van der Waals surface area (Å²) in [6.45, 7) is 0.508. The third kappa shape index (κ3) is 4.52. The minimum absolute atomic E-state index is 0.154. The summed E-state index contributed by atoms with van der Waals surface area (Å²) in [5.74, 6) is -0.360. The Kier molecular flexibility index (Phi) is 6.28. The molecule has 2 aromatic carbocycles. The fraction of sp³-hybridized carbons (Fsp3) is 0.259.